The van der Waals surface area contributed by atoms with Crippen molar-refractivity contribution in [1.82, 2.24) is 0 Å². The van der Waals surface area contributed by atoms with Gasteiger partial charge in [-0.1, -0.05) is 29.3 Å². The van der Waals surface area contributed by atoms with Crippen LogP contribution in [0.3, 0.4) is 0 Å². The van der Waals surface area contributed by atoms with Gasteiger partial charge in [0.15, 0.2) is 0 Å². The monoisotopic (exact) mass is 255 g/mol. The second kappa shape index (κ2) is 5.56. The number of hydrogen-bond donors (Lipinski definition) is 1. The summed E-state index contributed by atoms with van der Waals surface area (Å²) >= 11 is 11.5. The molecule has 0 unspecified atom stereocenters. The predicted molar refractivity (Wildman–Crippen MR) is 60.8 cm³/mol. The molecule has 1 nitrogen and oxygen atoms in total. The van der Waals surface area contributed by atoms with E-state index in [1.54, 1.807) is 0 Å². The molecule has 1 aromatic rings. The summed E-state index contributed by atoms with van der Waals surface area (Å²) in [7, 11) is 0. The first-order chi connectivity index (χ1) is 6.07. The van der Waals surface area contributed by atoms with E-state index in [1.165, 1.54) is 18.2 Å². The molecule has 0 fully saturated rings. The minimum atomic E-state index is -0.633. The SMILES string of the molecule is C=C[C@@H](N)c1c(F)ccc(Cl)c1Cl.Cl. The summed E-state index contributed by atoms with van der Waals surface area (Å²) in [4.78, 5) is 0. The fourth-order valence-electron chi connectivity index (χ4n) is 0.966. The third kappa shape index (κ3) is 2.61. The maximum atomic E-state index is 13.2. The molecule has 0 aliphatic heterocycles. The van der Waals surface area contributed by atoms with E-state index in [-0.39, 0.29) is 28.0 Å². The zero-order valence-corrected chi connectivity index (χ0v) is 9.46. The fourth-order valence-corrected chi connectivity index (χ4v) is 1.41. The number of hydrogen-bond acceptors (Lipinski definition) is 1. The molecule has 1 atom stereocenters. The first-order valence-corrected chi connectivity index (χ1v) is 4.35. The molecule has 0 radical (unpaired) electrons. The van der Waals surface area contributed by atoms with Gasteiger partial charge in [0.1, 0.15) is 5.82 Å². The highest BCUT2D eigenvalue weighted by atomic mass is 35.5. The summed E-state index contributed by atoms with van der Waals surface area (Å²) in [5, 5.41) is 0.435. The van der Waals surface area contributed by atoms with Gasteiger partial charge in [-0.05, 0) is 12.1 Å². The van der Waals surface area contributed by atoms with Gasteiger partial charge in [0.25, 0.3) is 0 Å². The second-order valence-electron chi connectivity index (χ2n) is 2.52. The van der Waals surface area contributed by atoms with Crippen LogP contribution in [0.15, 0.2) is 24.8 Å². The molecule has 0 saturated heterocycles. The predicted octanol–water partition coefficient (Wildman–Crippen LogP) is 3.74. The Bertz CT molecular complexity index is 341. The maximum Gasteiger partial charge on any atom is 0.129 e. The highest BCUT2D eigenvalue weighted by Crippen LogP contribution is 2.31. The van der Waals surface area contributed by atoms with Gasteiger partial charge in [-0.3, -0.25) is 0 Å². The van der Waals surface area contributed by atoms with Gasteiger partial charge in [0.2, 0.25) is 0 Å². The quantitative estimate of drug-likeness (QED) is 0.633. The summed E-state index contributed by atoms with van der Waals surface area (Å²) < 4.78 is 13.2. The van der Waals surface area contributed by atoms with E-state index in [9.17, 15) is 4.39 Å². The number of halogens is 4. The van der Waals surface area contributed by atoms with E-state index >= 15 is 0 Å². The van der Waals surface area contributed by atoms with Gasteiger partial charge in [0.05, 0.1) is 16.1 Å². The molecule has 0 spiro atoms. The lowest BCUT2D eigenvalue weighted by Crippen LogP contribution is -2.09. The molecule has 2 N–H and O–H groups in total. The molecule has 78 valence electrons. The van der Waals surface area contributed by atoms with Crippen LogP contribution in [0.25, 0.3) is 0 Å². The van der Waals surface area contributed by atoms with Crippen molar-refractivity contribution in [2.75, 3.05) is 0 Å². The molecular formula is C9H9Cl3FN. The van der Waals surface area contributed by atoms with E-state index in [1.807, 2.05) is 0 Å². The molecule has 0 bridgehead atoms. The summed E-state index contributed by atoms with van der Waals surface area (Å²) in [5.74, 6) is -0.471. The Hall–Kier alpha value is -0.280. The van der Waals surface area contributed by atoms with Crippen LogP contribution in [0.1, 0.15) is 11.6 Å². The van der Waals surface area contributed by atoms with Gasteiger partial charge in [0, 0.05) is 5.56 Å². The average Bonchev–Trinajstić information content (AvgIpc) is 2.12. The Morgan fingerprint density at radius 1 is 1.43 bits per heavy atom. The van der Waals surface area contributed by atoms with Crippen molar-refractivity contribution in [2.45, 2.75) is 6.04 Å². The first-order valence-electron chi connectivity index (χ1n) is 3.59. The number of rotatable bonds is 2. The lowest BCUT2D eigenvalue weighted by molar-refractivity contribution is 0.602. The molecule has 1 aromatic carbocycles. The molecule has 14 heavy (non-hydrogen) atoms. The topological polar surface area (TPSA) is 26.0 Å². The van der Waals surface area contributed by atoms with Crippen LogP contribution in [0.2, 0.25) is 10.0 Å². The van der Waals surface area contributed by atoms with E-state index in [0.717, 1.165) is 0 Å². The van der Waals surface area contributed by atoms with Crippen LogP contribution < -0.4 is 5.73 Å². The van der Waals surface area contributed by atoms with E-state index in [2.05, 4.69) is 6.58 Å². The second-order valence-corrected chi connectivity index (χ2v) is 3.30. The summed E-state index contributed by atoms with van der Waals surface area (Å²) in [6, 6.07) is 1.98. The first kappa shape index (κ1) is 13.7. The van der Waals surface area contributed by atoms with Gasteiger partial charge in [-0.25, -0.2) is 4.39 Å². The van der Waals surface area contributed by atoms with E-state index in [4.69, 9.17) is 28.9 Å². The molecule has 1 rings (SSSR count). The Morgan fingerprint density at radius 3 is 2.50 bits per heavy atom. The molecule has 0 aliphatic carbocycles. The van der Waals surface area contributed by atoms with Crippen molar-refractivity contribution in [3.63, 3.8) is 0 Å². The number of nitrogens with two attached hydrogens (primary N) is 1. The van der Waals surface area contributed by atoms with Crippen molar-refractivity contribution >= 4 is 35.6 Å². The van der Waals surface area contributed by atoms with Gasteiger partial charge in [-0.15, -0.1) is 19.0 Å². The molecule has 0 heterocycles. The van der Waals surface area contributed by atoms with E-state index in [0.29, 0.717) is 0 Å². The molecular weight excluding hydrogens is 247 g/mol. The molecule has 0 amide bonds. The Morgan fingerprint density at radius 2 is 2.00 bits per heavy atom. The van der Waals surface area contributed by atoms with Gasteiger partial charge in [-0.2, -0.15) is 0 Å². The van der Waals surface area contributed by atoms with Crippen molar-refractivity contribution in [3.05, 3.63) is 46.2 Å². The maximum absolute atomic E-state index is 13.2. The Kier molecular flexibility index (Phi) is 5.45. The minimum absolute atomic E-state index is 0. The van der Waals surface area contributed by atoms with Crippen LogP contribution in [-0.4, -0.2) is 0 Å². The van der Waals surface area contributed by atoms with Crippen LogP contribution in [0.4, 0.5) is 4.39 Å². The van der Waals surface area contributed by atoms with Crippen molar-refractivity contribution < 1.29 is 4.39 Å². The van der Waals surface area contributed by atoms with Gasteiger partial charge >= 0.3 is 0 Å². The van der Waals surface area contributed by atoms with Crippen molar-refractivity contribution in [3.8, 4) is 0 Å². The van der Waals surface area contributed by atoms with Gasteiger partial charge < -0.3 is 5.73 Å². The Balaban J connectivity index is 0.00000169. The standard InChI is InChI=1S/C9H8Cl2FN.ClH/c1-2-7(13)8-6(12)4-3-5(10)9(8)11;/h2-4,7H,1,13H2;1H/t7-;/m1./s1. The van der Waals surface area contributed by atoms with Crippen LogP contribution >= 0.6 is 35.6 Å². The van der Waals surface area contributed by atoms with Crippen LogP contribution in [-0.2, 0) is 0 Å². The van der Waals surface area contributed by atoms with Crippen molar-refractivity contribution in [2.24, 2.45) is 5.73 Å². The lowest BCUT2D eigenvalue weighted by atomic mass is 10.1. The highest BCUT2D eigenvalue weighted by molar-refractivity contribution is 6.42. The van der Waals surface area contributed by atoms with Crippen molar-refractivity contribution in [1.29, 1.82) is 0 Å². The summed E-state index contributed by atoms with van der Waals surface area (Å²) in [5.41, 5.74) is 5.75. The van der Waals surface area contributed by atoms with E-state index < -0.39 is 11.9 Å². The normalized spacial score (nSPS) is 11.7. The Labute approximate surface area is 98.1 Å². The van der Waals surface area contributed by atoms with Crippen LogP contribution in [0.5, 0.6) is 0 Å². The molecule has 0 saturated carbocycles. The van der Waals surface area contributed by atoms with Crippen LogP contribution in [0, 0.1) is 5.82 Å². The molecule has 0 aliphatic rings. The highest BCUT2D eigenvalue weighted by Gasteiger charge is 2.14. The smallest absolute Gasteiger partial charge is 0.129 e. The third-order valence-electron chi connectivity index (χ3n) is 1.67. The lowest BCUT2D eigenvalue weighted by Gasteiger charge is -2.10. The minimum Gasteiger partial charge on any atom is -0.321 e. The largest absolute Gasteiger partial charge is 0.321 e. The molecule has 0 aromatic heterocycles. The zero-order chi connectivity index (χ0) is 10.0. The summed E-state index contributed by atoms with van der Waals surface area (Å²) in [6.45, 7) is 3.46. The molecule has 5 heteroatoms. The number of benzene rings is 1. The third-order valence-corrected chi connectivity index (χ3v) is 2.49. The average molecular weight is 257 g/mol. The summed E-state index contributed by atoms with van der Waals surface area (Å²) in [6.07, 6.45) is 1.40. The zero-order valence-electron chi connectivity index (χ0n) is 7.14. The fraction of sp³-hybridized carbons (Fsp3) is 0.111.